The lowest BCUT2D eigenvalue weighted by Crippen LogP contribution is -2.17. The largest absolute Gasteiger partial charge is 0.310 e. The van der Waals surface area contributed by atoms with Crippen LogP contribution in [-0.2, 0) is 5.41 Å². The number of para-hydroxylation sites is 4. The van der Waals surface area contributed by atoms with Gasteiger partial charge in [0.2, 0.25) is 0 Å². The second-order valence-electron chi connectivity index (χ2n) is 22.0. The summed E-state index contributed by atoms with van der Waals surface area (Å²) in [7, 11) is 0. The van der Waals surface area contributed by atoms with E-state index in [0.717, 1.165) is 56.6 Å². The first-order valence-electron chi connectivity index (χ1n) is 28.5. The lowest BCUT2D eigenvalue weighted by molar-refractivity contribution is 0.666. The average molecular weight is 1060 g/mol. The van der Waals surface area contributed by atoms with Crippen LogP contribution in [0.2, 0.25) is 0 Å². The van der Waals surface area contributed by atoms with Gasteiger partial charge < -0.3 is 18.9 Å². The van der Waals surface area contributed by atoms with Crippen molar-refractivity contribution >= 4 is 99.7 Å². The van der Waals surface area contributed by atoms with Gasteiger partial charge in [0.1, 0.15) is 0 Å². The molecule has 0 atom stereocenters. The lowest BCUT2D eigenvalue weighted by atomic mass is 9.80. The Balaban J connectivity index is 0.882. The number of allylic oxidation sites excluding steroid dienone is 7. The summed E-state index contributed by atoms with van der Waals surface area (Å²) in [6.07, 6.45) is 10.5. The molecule has 0 aliphatic heterocycles. The Kier molecular flexibility index (Phi) is 12.3. The second kappa shape index (κ2) is 20.2. The van der Waals surface area contributed by atoms with E-state index in [1.165, 1.54) is 87.8 Å². The van der Waals surface area contributed by atoms with Gasteiger partial charge in [-0.15, -0.1) is 0 Å². The molecule has 0 N–H and O–H groups in total. The summed E-state index contributed by atoms with van der Waals surface area (Å²) in [5.41, 5.74) is 23.0. The van der Waals surface area contributed by atoms with Crippen molar-refractivity contribution in [2.45, 2.75) is 40.0 Å². The first kappa shape index (κ1) is 50.1. The molecule has 82 heavy (non-hydrogen) atoms. The zero-order valence-corrected chi connectivity index (χ0v) is 47.0. The minimum absolute atomic E-state index is 0.322. The van der Waals surface area contributed by atoms with Gasteiger partial charge in [0, 0.05) is 72.5 Å². The highest BCUT2D eigenvalue weighted by molar-refractivity contribution is 6.10. The summed E-state index contributed by atoms with van der Waals surface area (Å²) in [6, 6.07) is 89.8. The van der Waals surface area contributed by atoms with Gasteiger partial charge in [-0.25, -0.2) is 0 Å². The monoisotopic (exact) mass is 1050 g/mol. The fourth-order valence-corrected chi connectivity index (χ4v) is 13.3. The van der Waals surface area contributed by atoms with Crippen LogP contribution in [0.15, 0.2) is 280 Å². The van der Waals surface area contributed by atoms with Crippen molar-refractivity contribution in [2.75, 3.05) is 9.80 Å². The summed E-state index contributed by atoms with van der Waals surface area (Å²) < 4.78 is 4.81. The Morgan fingerprint density at radius 1 is 0.390 bits per heavy atom. The molecule has 4 heteroatoms. The molecule has 0 radical (unpaired) electrons. The summed E-state index contributed by atoms with van der Waals surface area (Å²) >= 11 is 0. The van der Waals surface area contributed by atoms with Gasteiger partial charge >= 0.3 is 0 Å². The van der Waals surface area contributed by atoms with Crippen LogP contribution in [0, 0.1) is 0 Å². The first-order chi connectivity index (χ1) is 40.3. The molecule has 2 aromatic heterocycles. The van der Waals surface area contributed by atoms with Crippen LogP contribution < -0.4 is 9.80 Å². The quantitative estimate of drug-likeness (QED) is 0.113. The highest BCUT2D eigenvalue weighted by Gasteiger charge is 2.38. The molecule has 0 saturated heterocycles. The van der Waals surface area contributed by atoms with Crippen LogP contribution in [-0.4, -0.2) is 9.13 Å². The predicted molar refractivity (Wildman–Crippen MR) is 352 cm³/mol. The Morgan fingerprint density at radius 2 is 0.817 bits per heavy atom. The van der Waals surface area contributed by atoms with E-state index in [2.05, 4.69) is 327 Å². The molecule has 1 aliphatic rings. The van der Waals surface area contributed by atoms with Crippen molar-refractivity contribution in [3.8, 4) is 22.5 Å². The molecule has 0 fully saturated rings. The number of anilines is 6. The molecular formula is C78H62N4. The van der Waals surface area contributed by atoms with E-state index >= 15 is 0 Å². The smallest absolute Gasteiger partial charge is 0.0541 e. The Hall–Kier alpha value is -10.2. The number of aromatic nitrogens is 2. The third-order valence-electron chi connectivity index (χ3n) is 17.1. The van der Waals surface area contributed by atoms with Gasteiger partial charge in [-0.1, -0.05) is 184 Å². The van der Waals surface area contributed by atoms with E-state index in [0.29, 0.717) is 0 Å². The molecule has 394 valence electrons. The first-order valence-corrected chi connectivity index (χ1v) is 28.5. The number of hydrogen-bond acceptors (Lipinski definition) is 2. The summed E-state index contributed by atoms with van der Waals surface area (Å²) in [6.45, 7) is 15.2. The zero-order valence-electron chi connectivity index (χ0n) is 47.0. The Labute approximate surface area is 480 Å². The molecule has 0 bridgehead atoms. The van der Waals surface area contributed by atoms with E-state index in [1.54, 1.807) is 0 Å². The van der Waals surface area contributed by atoms with E-state index in [4.69, 9.17) is 0 Å². The van der Waals surface area contributed by atoms with E-state index < -0.39 is 0 Å². The van der Waals surface area contributed by atoms with Crippen molar-refractivity contribution < 1.29 is 0 Å². The van der Waals surface area contributed by atoms with Crippen LogP contribution >= 0.6 is 0 Å². The number of rotatable bonds is 12. The standard InChI is InChI=1S/C78H62N4/c1-7-21-53(10-4)55-36-41-58(42-37-55)80(60-23-20-25-62(50-60)82-75-32-17-13-28-69(75)70-29-14-18-33-76(70)82)64-44-47-66-71-45-38-56-48-63(43-46-65(56)77(71)78(5,6)72(66)51-64)79(57-39-34-54(35-40-57)52(8-2)9-3)59-22-19-24-61(49-59)81-73-30-15-11-26-67(73)68-27-12-16-31-74(68)81/h7-51H,2H2,1,3-6H3. The van der Waals surface area contributed by atoms with Crippen molar-refractivity contribution in [3.63, 3.8) is 0 Å². The molecule has 14 rings (SSSR count). The van der Waals surface area contributed by atoms with Gasteiger partial charge in [-0.3, -0.25) is 0 Å². The number of fused-ring (bicyclic) bond motifs is 11. The van der Waals surface area contributed by atoms with Gasteiger partial charge in [-0.05, 0) is 185 Å². The summed E-state index contributed by atoms with van der Waals surface area (Å²) in [4.78, 5) is 4.84. The van der Waals surface area contributed by atoms with E-state index in [-0.39, 0.29) is 5.41 Å². The van der Waals surface area contributed by atoms with Gasteiger partial charge in [-0.2, -0.15) is 0 Å². The van der Waals surface area contributed by atoms with Gasteiger partial charge in [0.05, 0.1) is 22.1 Å². The van der Waals surface area contributed by atoms with Crippen LogP contribution in [0.4, 0.5) is 34.1 Å². The molecule has 0 saturated carbocycles. The number of hydrogen-bond donors (Lipinski definition) is 0. The van der Waals surface area contributed by atoms with E-state index in [9.17, 15) is 0 Å². The maximum Gasteiger partial charge on any atom is 0.0541 e. The number of nitrogens with zero attached hydrogens (tertiary/aromatic N) is 4. The molecule has 1 aliphatic carbocycles. The molecule has 0 spiro atoms. The average Bonchev–Trinajstić information content (AvgIpc) is 4.26. The van der Waals surface area contributed by atoms with Crippen LogP contribution in [0.25, 0.3) is 88.0 Å². The molecule has 11 aromatic carbocycles. The molecule has 13 aromatic rings. The third-order valence-corrected chi connectivity index (χ3v) is 17.1. The number of benzene rings is 11. The van der Waals surface area contributed by atoms with Gasteiger partial charge in [0.25, 0.3) is 0 Å². The predicted octanol–water partition coefficient (Wildman–Crippen LogP) is 21.8. The summed E-state index contributed by atoms with van der Waals surface area (Å²) in [5, 5.41) is 7.44. The molecule has 4 nitrogen and oxygen atoms in total. The maximum atomic E-state index is 4.11. The molecular weight excluding hydrogens is 993 g/mol. The van der Waals surface area contributed by atoms with Crippen LogP contribution in [0.5, 0.6) is 0 Å². The Bertz CT molecular complexity index is 4660. The molecule has 2 heterocycles. The van der Waals surface area contributed by atoms with Crippen molar-refractivity contribution in [3.05, 3.63) is 302 Å². The maximum absolute atomic E-state index is 4.11. The van der Waals surface area contributed by atoms with Crippen molar-refractivity contribution in [1.82, 2.24) is 9.13 Å². The topological polar surface area (TPSA) is 16.3 Å². The molecule has 0 unspecified atom stereocenters. The normalized spacial score (nSPS) is 13.2. The fraction of sp³-hybridized carbons (Fsp3) is 0.0769. The van der Waals surface area contributed by atoms with E-state index in [1.807, 2.05) is 6.08 Å². The SMILES string of the molecule is C=CC(=CC)c1ccc(N(c2cccc(-n3c4ccccc4c4ccccc43)c2)c2ccc3c4c(ccc3c2)-c2ccc(N(c3ccc(C(C=CC)=CC)cc3)c3cccc(-n5c6ccccc6c6ccccc65)c3)cc2C4(C)C)cc1. The highest BCUT2D eigenvalue weighted by Crippen LogP contribution is 2.54. The lowest BCUT2D eigenvalue weighted by Gasteiger charge is -2.29. The van der Waals surface area contributed by atoms with Crippen LogP contribution in [0.3, 0.4) is 0 Å². The Morgan fingerprint density at radius 3 is 1.29 bits per heavy atom. The minimum Gasteiger partial charge on any atom is -0.310 e. The second-order valence-corrected chi connectivity index (χ2v) is 22.0. The van der Waals surface area contributed by atoms with Crippen molar-refractivity contribution in [2.24, 2.45) is 0 Å². The third kappa shape index (κ3) is 8.12. The van der Waals surface area contributed by atoms with Gasteiger partial charge in [0.15, 0.2) is 0 Å². The summed E-state index contributed by atoms with van der Waals surface area (Å²) in [5.74, 6) is 0. The minimum atomic E-state index is -0.322. The molecule has 0 amide bonds. The van der Waals surface area contributed by atoms with Crippen molar-refractivity contribution in [1.29, 1.82) is 0 Å². The zero-order chi connectivity index (χ0) is 55.6. The fourth-order valence-electron chi connectivity index (χ4n) is 13.3. The van der Waals surface area contributed by atoms with Crippen LogP contribution in [0.1, 0.15) is 56.9 Å². The highest BCUT2D eigenvalue weighted by atomic mass is 15.2.